The quantitative estimate of drug-likeness (QED) is 0.556. The lowest BCUT2D eigenvalue weighted by Gasteiger charge is -2.14. The fourth-order valence-electron chi connectivity index (χ4n) is 2.42. The molecule has 1 unspecified atom stereocenters. The molecule has 1 fully saturated rings. The van der Waals surface area contributed by atoms with Crippen LogP contribution >= 0.6 is 11.9 Å². The standard InChI is InChI=1S/C17H21N3OS/c18-16-11-13(20-22-15-6-2-1-3-7-15)8-9-17(16)19-12-14-5-4-10-21-14/h1-3,6-9,11,14,19-20H,4-5,10,12,18H2. The maximum absolute atomic E-state index is 6.12. The zero-order valence-corrected chi connectivity index (χ0v) is 13.2. The van der Waals surface area contributed by atoms with E-state index in [2.05, 4.69) is 22.2 Å². The van der Waals surface area contributed by atoms with Crippen LogP contribution in [-0.4, -0.2) is 19.3 Å². The molecular weight excluding hydrogens is 294 g/mol. The van der Waals surface area contributed by atoms with E-state index in [0.29, 0.717) is 6.10 Å². The summed E-state index contributed by atoms with van der Waals surface area (Å²) in [5.74, 6) is 0. The Labute approximate surface area is 135 Å². The van der Waals surface area contributed by atoms with Gasteiger partial charge in [0.25, 0.3) is 0 Å². The van der Waals surface area contributed by atoms with Crippen LogP contribution in [0.2, 0.25) is 0 Å². The third-order valence-corrected chi connectivity index (χ3v) is 4.47. The molecule has 1 atom stereocenters. The van der Waals surface area contributed by atoms with E-state index >= 15 is 0 Å². The number of nitrogens with one attached hydrogen (secondary N) is 2. The Kier molecular flexibility index (Phi) is 5.08. The molecule has 1 saturated heterocycles. The van der Waals surface area contributed by atoms with Crippen molar-refractivity contribution in [1.82, 2.24) is 0 Å². The summed E-state index contributed by atoms with van der Waals surface area (Å²) in [6.07, 6.45) is 2.59. The molecule has 0 aromatic heterocycles. The van der Waals surface area contributed by atoms with Gasteiger partial charge in [-0.25, -0.2) is 0 Å². The third-order valence-electron chi connectivity index (χ3n) is 3.63. The molecule has 22 heavy (non-hydrogen) atoms. The number of benzene rings is 2. The minimum absolute atomic E-state index is 0.311. The molecule has 4 nitrogen and oxygen atoms in total. The normalized spacial score (nSPS) is 17.4. The molecule has 4 N–H and O–H groups in total. The first-order valence-electron chi connectivity index (χ1n) is 7.54. The average Bonchev–Trinajstić information content (AvgIpc) is 3.06. The number of hydrogen-bond acceptors (Lipinski definition) is 5. The monoisotopic (exact) mass is 315 g/mol. The highest BCUT2D eigenvalue weighted by molar-refractivity contribution is 8.00. The number of nitrogens with two attached hydrogens (primary N) is 1. The topological polar surface area (TPSA) is 59.3 Å². The minimum Gasteiger partial charge on any atom is -0.397 e. The maximum atomic E-state index is 6.12. The fourth-order valence-corrected chi connectivity index (χ4v) is 3.08. The lowest BCUT2D eigenvalue weighted by atomic mass is 10.2. The van der Waals surface area contributed by atoms with Gasteiger partial charge in [-0.1, -0.05) is 18.2 Å². The van der Waals surface area contributed by atoms with Crippen LogP contribution in [-0.2, 0) is 4.74 Å². The predicted octanol–water partition coefficient (Wildman–Crippen LogP) is 3.98. The molecule has 116 valence electrons. The van der Waals surface area contributed by atoms with Crippen molar-refractivity contribution in [3.05, 3.63) is 48.5 Å². The first kappa shape index (κ1) is 15.1. The SMILES string of the molecule is Nc1cc(NSc2ccccc2)ccc1NCC1CCCO1. The second kappa shape index (κ2) is 7.42. The molecule has 3 rings (SSSR count). The Balaban J connectivity index is 1.54. The molecule has 0 amide bonds. The van der Waals surface area contributed by atoms with Crippen LogP contribution in [0.5, 0.6) is 0 Å². The molecule has 1 heterocycles. The fraction of sp³-hybridized carbons (Fsp3) is 0.294. The molecule has 2 aromatic rings. The van der Waals surface area contributed by atoms with Crippen molar-refractivity contribution in [2.45, 2.75) is 23.8 Å². The second-order valence-corrected chi connectivity index (χ2v) is 6.21. The van der Waals surface area contributed by atoms with Gasteiger partial charge in [0.1, 0.15) is 0 Å². The molecule has 1 aliphatic heterocycles. The Hall–Kier alpha value is -1.85. The Morgan fingerprint density at radius 2 is 2.05 bits per heavy atom. The largest absolute Gasteiger partial charge is 0.397 e. The summed E-state index contributed by atoms with van der Waals surface area (Å²) in [6, 6.07) is 16.2. The lowest BCUT2D eigenvalue weighted by Crippen LogP contribution is -2.18. The molecule has 1 aliphatic rings. The van der Waals surface area contributed by atoms with E-state index in [1.165, 1.54) is 4.90 Å². The summed E-state index contributed by atoms with van der Waals surface area (Å²) in [7, 11) is 0. The van der Waals surface area contributed by atoms with Crippen LogP contribution in [0.1, 0.15) is 12.8 Å². The van der Waals surface area contributed by atoms with Gasteiger partial charge in [0.05, 0.1) is 17.5 Å². The first-order valence-corrected chi connectivity index (χ1v) is 8.36. The van der Waals surface area contributed by atoms with Crippen molar-refractivity contribution in [1.29, 1.82) is 0 Å². The Morgan fingerprint density at radius 3 is 2.77 bits per heavy atom. The van der Waals surface area contributed by atoms with Crippen molar-refractivity contribution >= 4 is 29.0 Å². The van der Waals surface area contributed by atoms with Crippen molar-refractivity contribution in [2.24, 2.45) is 0 Å². The molecular formula is C17H21N3OS. The van der Waals surface area contributed by atoms with E-state index in [4.69, 9.17) is 10.5 Å². The summed E-state index contributed by atoms with van der Waals surface area (Å²) >= 11 is 1.58. The summed E-state index contributed by atoms with van der Waals surface area (Å²) in [5.41, 5.74) is 8.83. The Morgan fingerprint density at radius 1 is 1.18 bits per heavy atom. The molecule has 0 aliphatic carbocycles. The van der Waals surface area contributed by atoms with Crippen molar-refractivity contribution in [2.75, 3.05) is 28.9 Å². The van der Waals surface area contributed by atoms with Gasteiger partial charge >= 0.3 is 0 Å². The van der Waals surface area contributed by atoms with Gasteiger partial charge in [-0.15, -0.1) is 0 Å². The summed E-state index contributed by atoms with van der Waals surface area (Å²) in [4.78, 5) is 1.17. The van der Waals surface area contributed by atoms with Crippen LogP contribution in [0, 0.1) is 0 Å². The zero-order chi connectivity index (χ0) is 15.2. The molecule has 5 heteroatoms. The highest BCUT2D eigenvalue weighted by atomic mass is 32.2. The Bertz CT molecular complexity index is 600. The van der Waals surface area contributed by atoms with Crippen molar-refractivity contribution < 1.29 is 4.74 Å². The lowest BCUT2D eigenvalue weighted by molar-refractivity contribution is 0.120. The van der Waals surface area contributed by atoms with Gasteiger partial charge in [0.2, 0.25) is 0 Å². The van der Waals surface area contributed by atoms with Crippen LogP contribution in [0.4, 0.5) is 17.1 Å². The van der Waals surface area contributed by atoms with Crippen LogP contribution in [0.3, 0.4) is 0 Å². The minimum atomic E-state index is 0.311. The van der Waals surface area contributed by atoms with Gasteiger partial charge in [0, 0.05) is 23.7 Å². The van der Waals surface area contributed by atoms with Crippen molar-refractivity contribution in [3.63, 3.8) is 0 Å². The molecule has 2 aromatic carbocycles. The first-order chi connectivity index (χ1) is 10.8. The van der Waals surface area contributed by atoms with Crippen LogP contribution in [0.25, 0.3) is 0 Å². The molecule has 0 spiro atoms. The van der Waals surface area contributed by atoms with Crippen LogP contribution < -0.4 is 15.8 Å². The van der Waals surface area contributed by atoms with Crippen LogP contribution in [0.15, 0.2) is 53.4 Å². The second-order valence-electron chi connectivity index (χ2n) is 5.34. The van der Waals surface area contributed by atoms with Gasteiger partial charge in [-0.3, -0.25) is 0 Å². The maximum Gasteiger partial charge on any atom is 0.0748 e. The number of nitrogen functional groups attached to an aromatic ring is 1. The van der Waals surface area contributed by atoms with Crippen molar-refractivity contribution in [3.8, 4) is 0 Å². The van der Waals surface area contributed by atoms with E-state index in [1.54, 1.807) is 11.9 Å². The zero-order valence-electron chi connectivity index (χ0n) is 12.4. The number of ether oxygens (including phenoxy) is 1. The summed E-state index contributed by atoms with van der Waals surface area (Å²) in [6.45, 7) is 1.69. The smallest absolute Gasteiger partial charge is 0.0748 e. The number of rotatable bonds is 6. The third kappa shape index (κ3) is 4.08. The number of hydrogen-bond donors (Lipinski definition) is 3. The molecule has 0 radical (unpaired) electrons. The summed E-state index contributed by atoms with van der Waals surface area (Å²) < 4.78 is 8.92. The van der Waals surface area contributed by atoms with E-state index in [9.17, 15) is 0 Å². The van der Waals surface area contributed by atoms with E-state index in [1.807, 2.05) is 36.4 Å². The van der Waals surface area contributed by atoms with Gasteiger partial charge in [-0.2, -0.15) is 0 Å². The van der Waals surface area contributed by atoms with Gasteiger partial charge in [-0.05, 0) is 55.1 Å². The average molecular weight is 315 g/mol. The van der Waals surface area contributed by atoms with Gasteiger partial charge in [0.15, 0.2) is 0 Å². The highest BCUT2D eigenvalue weighted by Crippen LogP contribution is 2.27. The molecule has 0 bridgehead atoms. The highest BCUT2D eigenvalue weighted by Gasteiger charge is 2.15. The number of anilines is 3. The summed E-state index contributed by atoms with van der Waals surface area (Å²) in [5, 5.41) is 3.37. The predicted molar refractivity (Wildman–Crippen MR) is 94.2 cm³/mol. The molecule has 0 saturated carbocycles. The van der Waals surface area contributed by atoms with E-state index in [-0.39, 0.29) is 0 Å². The van der Waals surface area contributed by atoms with Gasteiger partial charge < -0.3 is 20.5 Å². The van der Waals surface area contributed by atoms with E-state index in [0.717, 1.165) is 43.1 Å². The van der Waals surface area contributed by atoms with E-state index < -0.39 is 0 Å².